The highest BCUT2D eigenvalue weighted by Crippen LogP contribution is 2.31. The standard InChI is InChI=1S/C14H20N2O2/c1-11(7-8-15)14(17)16-9-4-10-18-13-6-3-2-5-12(13)16/h2-3,5-6,11H,4,7-10,15H2,1H3. The number of para-hydroxylation sites is 2. The molecule has 0 radical (unpaired) electrons. The molecule has 1 aliphatic heterocycles. The Bertz CT molecular complexity index is 420. The number of carbonyl (C=O) groups is 1. The van der Waals surface area contributed by atoms with Gasteiger partial charge in [-0.05, 0) is 31.5 Å². The number of fused-ring (bicyclic) bond motifs is 1. The number of anilines is 1. The molecule has 0 aliphatic carbocycles. The van der Waals surface area contributed by atoms with Gasteiger partial charge in [0, 0.05) is 12.5 Å². The number of ether oxygens (including phenoxy) is 1. The van der Waals surface area contributed by atoms with Crippen molar-refractivity contribution in [2.45, 2.75) is 19.8 Å². The number of nitrogens with two attached hydrogens (primary N) is 1. The molecule has 2 N–H and O–H groups in total. The smallest absolute Gasteiger partial charge is 0.229 e. The van der Waals surface area contributed by atoms with Crippen LogP contribution in [0.25, 0.3) is 0 Å². The molecular formula is C14H20N2O2. The van der Waals surface area contributed by atoms with Gasteiger partial charge in [0.25, 0.3) is 0 Å². The van der Waals surface area contributed by atoms with Crippen molar-refractivity contribution < 1.29 is 9.53 Å². The van der Waals surface area contributed by atoms with Crippen LogP contribution < -0.4 is 15.4 Å². The van der Waals surface area contributed by atoms with Crippen molar-refractivity contribution >= 4 is 11.6 Å². The van der Waals surface area contributed by atoms with Crippen LogP contribution in [-0.2, 0) is 4.79 Å². The largest absolute Gasteiger partial charge is 0.491 e. The second kappa shape index (κ2) is 5.87. The fraction of sp³-hybridized carbons (Fsp3) is 0.500. The Hall–Kier alpha value is -1.55. The Labute approximate surface area is 108 Å². The maximum absolute atomic E-state index is 12.4. The third-order valence-corrected chi connectivity index (χ3v) is 3.23. The fourth-order valence-corrected chi connectivity index (χ4v) is 2.20. The Morgan fingerprint density at radius 1 is 1.50 bits per heavy atom. The van der Waals surface area contributed by atoms with E-state index in [-0.39, 0.29) is 11.8 Å². The second-order valence-corrected chi connectivity index (χ2v) is 4.64. The number of carbonyl (C=O) groups excluding carboxylic acids is 1. The van der Waals surface area contributed by atoms with E-state index in [4.69, 9.17) is 10.5 Å². The third kappa shape index (κ3) is 2.64. The van der Waals surface area contributed by atoms with Crippen LogP contribution in [0.3, 0.4) is 0 Å². The van der Waals surface area contributed by atoms with Gasteiger partial charge in [0.15, 0.2) is 0 Å². The van der Waals surface area contributed by atoms with E-state index in [0.717, 1.165) is 24.3 Å². The zero-order chi connectivity index (χ0) is 13.0. The molecule has 1 heterocycles. The first-order valence-electron chi connectivity index (χ1n) is 6.47. The van der Waals surface area contributed by atoms with Crippen LogP contribution >= 0.6 is 0 Å². The van der Waals surface area contributed by atoms with Gasteiger partial charge in [0.2, 0.25) is 5.91 Å². The number of amides is 1. The van der Waals surface area contributed by atoms with Gasteiger partial charge in [0.05, 0.1) is 12.3 Å². The summed E-state index contributed by atoms with van der Waals surface area (Å²) in [5, 5.41) is 0. The highest BCUT2D eigenvalue weighted by Gasteiger charge is 2.25. The molecule has 0 fully saturated rings. The van der Waals surface area contributed by atoms with E-state index in [0.29, 0.717) is 19.7 Å². The maximum atomic E-state index is 12.4. The summed E-state index contributed by atoms with van der Waals surface area (Å²) in [6.45, 7) is 3.85. The van der Waals surface area contributed by atoms with Crippen molar-refractivity contribution in [1.29, 1.82) is 0 Å². The number of hydrogen-bond acceptors (Lipinski definition) is 3. The molecule has 98 valence electrons. The van der Waals surface area contributed by atoms with E-state index in [1.54, 1.807) is 0 Å². The predicted molar refractivity (Wildman–Crippen MR) is 71.7 cm³/mol. The zero-order valence-electron chi connectivity index (χ0n) is 10.8. The third-order valence-electron chi connectivity index (χ3n) is 3.23. The molecule has 0 saturated carbocycles. The SMILES string of the molecule is CC(CCN)C(=O)N1CCCOc2ccccc21. The van der Waals surface area contributed by atoms with Crippen molar-refractivity contribution in [3.63, 3.8) is 0 Å². The van der Waals surface area contributed by atoms with Crippen molar-refractivity contribution in [1.82, 2.24) is 0 Å². The van der Waals surface area contributed by atoms with Gasteiger partial charge in [-0.1, -0.05) is 19.1 Å². The summed E-state index contributed by atoms with van der Waals surface area (Å²) >= 11 is 0. The Kier molecular flexibility index (Phi) is 4.20. The second-order valence-electron chi connectivity index (χ2n) is 4.64. The fourth-order valence-electron chi connectivity index (χ4n) is 2.20. The van der Waals surface area contributed by atoms with Crippen LogP contribution in [-0.4, -0.2) is 25.6 Å². The quantitative estimate of drug-likeness (QED) is 0.887. The molecule has 0 aromatic heterocycles. The van der Waals surface area contributed by atoms with Gasteiger partial charge in [-0.2, -0.15) is 0 Å². The summed E-state index contributed by atoms with van der Waals surface area (Å²) in [7, 11) is 0. The summed E-state index contributed by atoms with van der Waals surface area (Å²) in [6.07, 6.45) is 1.58. The lowest BCUT2D eigenvalue weighted by Gasteiger charge is -2.24. The van der Waals surface area contributed by atoms with Crippen molar-refractivity contribution in [3.8, 4) is 5.75 Å². The molecule has 1 aromatic rings. The monoisotopic (exact) mass is 248 g/mol. The summed E-state index contributed by atoms with van der Waals surface area (Å²) in [4.78, 5) is 14.3. The predicted octanol–water partition coefficient (Wildman–Crippen LogP) is 1.79. The molecule has 1 atom stereocenters. The van der Waals surface area contributed by atoms with Crippen LogP contribution in [0.4, 0.5) is 5.69 Å². The number of nitrogens with zero attached hydrogens (tertiary/aromatic N) is 1. The topological polar surface area (TPSA) is 55.6 Å². The molecule has 1 amide bonds. The molecule has 1 aromatic carbocycles. The van der Waals surface area contributed by atoms with Gasteiger partial charge in [0.1, 0.15) is 5.75 Å². The first-order valence-corrected chi connectivity index (χ1v) is 6.47. The molecule has 18 heavy (non-hydrogen) atoms. The van der Waals surface area contributed by atoms with Crippen LogP contribution in [0, 0.1) is 5.92 Å². The maximum Gasteiger partial charge on any atom is 0.229 e. The first-order chi connectivity index (χ1) is 8.74. The van der Waals surface area contributed by atoms with Crippen molar-refractivity contribution in [2.24, 2.45) is 11.7 Å². The van der Waals surface area contributed by atoms with E-state index < -0.39 is 0 Å². The molecule has 0 bridgehead atoms. The van der Waals surface area contributed by atoms with Crippen LogP contribution in [0.5, 0.6) is 5.75 Å². The van der Waals surface area contributed by atoms with Crippen LogP contribution in [0.1, 0.15) is 19.8 Å². The van der Waals surface area contributed by atoms with Gasteiger partial charge in [-0.3, -0.25) is 4.79 Å². The van der Waals surface area contributed by atoms with Gasteiger partial charge >= 0.3 is 0 Å². The summed E-state index contributed by atoms with van der Waals surface area (Å²) in [5.74, 6) is 0.892. The van der Waals surface area contributed by atoms with E-state index in [9.17, 15) is 4.79 Å². The minimum Gasteiger partial charge on any atom is -0.491 e. The Morgan fingerprint density at radius 3 is 3.06 bits per heavy atom. The van der Waals surface area contributed by atoms with Gasteiger partial charge in [-0.25, -0.2) is 0 Å². The number of benzene rings is 1. The van der Waals surface area contributed by atoms with Gasteiger partial charge in [-0.15, -0.1) is 0 Å². The molecule has 4 heteroatoms. The number of hydrogen-bond donors (Lipinski definition) is 1. The molecule has 1 unspecified atom stereocenters. The van der Waals surface area contributed by atoms with Crippen molar-refractivity contribution in [2.75, 3.05) is 24.6 Å². The van der Waals surface area contributed by atoms with Gasteiger partial charge < -0.3 is 15.4 Å². The molecule has 1 aliphatic rings. The van der Waals surface area contributed by atoms with Crippen molar-refractivity contribution in [3.05, 3.63) is 24.3 Å². The lowest BCUT2D eigenvalue weighted by molar-refractivity contribution is -0.122. The lowest BCUT2D eigenvalue weighted by atomic mass is 10.1. The van der Waals surface area contributed by atoms with Crippen LogP contribution in [0.2, 0.25) is 0 Å². The van der Waals surface area contributed by atoms with E-state index >= 15 is 0 Å². The lowest BCUT2D eigenvalue weighted by Crippen LogP contribution is -2.36. The highest BCUT2D eigenvalue weighted by atomic mass is 16.5. The Balaban J connectivity index is 2.24. The molecule has 2 rings (SSSR count). The average Bonchev–Trinajstić information content (AvgIpc) is 2.60. The van der Waals surface area contributed by atoms with Crippen LogP contribution in [0.15, 0.2) is 24.3 Å². The Morgan fingerprint density at radius 2 is 2.28 bits per heavy atom. The normalized spacial score (nSPS) is 16.4. The first kappa shape index (κ1) is 12.9. The minimum absolute atomic E-state index is 0.0406. The average molecular weight is 248 g/mol. The molecule has 4 nitrogen and oxygen atoms in total. The van der Waals surface area contributed by atoms with E-state index in [2.05, 4.69) is 0 Å². The molecule has 0 saturated heterocycles. The number of rotatable bonds is 3. The summed E-state index contributed by atoms with van der Waals surface area (Å²) in [5.41, 5.74) is 6.41. The summed E-state index contributed by atoms with van der Waals surface area (Å²) < 4.78 is 5.65. The van der Waals surface area contributed by atoms with E-state index in [1.165, 1.54) is 0 Å². The summed E-state index contributed by atoms with van der Waals surface area (Å²) in [6, 6.07) is 7.71. The molecular weight excluding hydrogens is 228 g/mol. The molecule has 0 spiro atoms. The minimum atomic E-state index is -0.0406. The highest BCUT2D eigenvalue weighted by molar-refractivity contribution is 5.96. The zero-order valence-corrected chi connectivity index (χ0v) is 10.8. The van der Waals surface area contributed by atoms with E-state index in [1.807, 2.05) is 36.1 Å².